The maximum atomic E-state index is 12.1. The Morgan fingerprint density at radius 3 is 3.00 bits per heavy atom. The fourth-order valence-corrected chi connectivity index (χ4v) is 4.69. The zero-order valence-electron chi connectivity index (χ0n) is 14.7. The quantitative estimate of drug-likeness (QED) is 0.726. The maximum absolute atomic E-state index is 12.1. The zero-order chi connectivity index (χ0) is 18.1. The molecule has 25 heavy (non-hydrogen) atoms. The lowest BCUT2D eigenvalue weighted by atomic mass is 9.76. The van der Waals surface area contributed by atoms with E-state index in [0.29, 0.717) is 18.4 Å². The summed E-state index contributed by atoms with van der Waals surface area (Å²) in [5.74, 6) is 1.13. The molecule has 2 atom stereocenters. The normalized spacial score (nSPS) is 26.4. The molecule has 3 rings (SSSR count). The summed E-state index contributed by atoms with van der Waals surface area (Å²) in [6, 6.07) is 8.26. The zero-order valence-corrected chi connectivity index (χ0v) is 17.1. The SMILES string of the molecule is CC(C)(C)OC(=O)NC1=N[C@@]2(c3cccc(Br)c3)CCOC[C@H]2CS1. The Kier molecular flexibility index (Phi) is 5.46. The van der Waals surface area contributed by atoms with Crippen LogP contribution in [0.15, 0.2) is 33.7 Å². The summed E-state index contributed by atoms with van der Waals surface area (Å²) in [7, 11) is 0. The highest BCUT2D eigenvalue weighted by Gasteiger charge is 2.46. The predicted molar refractivity (Wildman–Crippen MR) is 104 cm³/mol. The molecule has 1 aromatic carbocycles. The van der Waals surface area contributed by atoms with E-state index in [2.05, 4.69) is 33.4 Å². The van der Waals surface area contributed by atoms with Crippen LogP contribution in [0.1, 0.15) is 32.8 Å². The number of hydrogen-bond acceptors (Lipinski definition) is 5. The number of alkyl carbamates (subject to hydrolysis) is 1. The second-order valence-electron chi connectivity index (χ2n) is 7.31. The van der Waals surface area contributed by atoms with Crippen molar-refractivity contribution in [3.05, 3.63) is 34.3 Å². The Morgan fingerprint density at radius 1 is 1.48 bits per heavy atom. The van der Waals surface area contributed by atoms with Gasteiger partial charge in [0.2, 0.25) is 0 Å². The Balaban J connectivity index is 1.90. The number of nitrogens with zero attached hydrogens (tertiary/aromatic N) is 1. The molecule has 0 radical (unpaired) electrons. The molecule has 0 spiro atoms. The summed E-state index contributed by atoms with van der Waals surface area (Å²) in [6.45, 7) is 6.89. The van der Waals surface area contributed by atoms with Gasteiger partial charge in [-0.05, 0) is 38.5 Å². The standard InChI is InChI=1S/C18H23BrN2O3S/c1-17(2,3)24-16(22)20-15-21-18(12-5-4-6-14(19)9-12)7-8-23-10-13(18)11-25-15/h4-6,9,13H,7-8,10-11H2,1-3H3,(H,20,21,22)/t13-,18+/m0/s1. The summed E-state index contributed by atoms with van der Waals surface area (Å²) in [6.07, 6.45) is 0.336. The number of aliphatic imine (C=N–C) groups is 1. The van der Waals surface area contributed by atoms with E-state index in [0.717, 1.165) is 22.2 Å². The van der Waals surface area contributed by atoms with Crippen molar-refractivity contribution in [1.82, 2.24) is 5.32 Å². The van der Waals surface area contributed by atoms with Crippen LogP contribution >= 0.6 is 27.7 Å². The number of carbonyl (C=O) groups excluding carboxylic acids is 1. The number of amides is 1. The number of ether oxygens (including phenoxy) is 2. The molecular formula is C18H23BrN2O3S. The highest BCUT2D eigenvalue weighted by atomic mass is 79.9. The largest absolute Gasteiger partial charge is 0.444 e. The lowest BCUT2D eigenvalue weighted by Crippen LogP contribution is -2.48. The van der Waals surface area contributed by atoms with E-state index in [9.17, 15) is 4.79 Å². The van der Waals surface area contributed by atoms with Crippen molar-refractivity contribution in [2.45, 2.75) is 38.3 Å². The van der Waals surface area contributed by atoms with Crippen LogP contribution < -0.4 is 5.32 Å². The average molecular weight is 427 g/mol. The molecule has 0 saturated carbocycles. The minimum absolute atomic E-state index is 0.282. The number of rotatable bonds is 1. The van der Waals surface area contributed by atoms with Crippen molar-refractivity contribution < 1.29 is 14.3 Å². The lowest BCUT2D eigenvalue weighted by Gasteiger charge is -2.44. The van der Waals surface area contributed by atoms with Gasteiger partial charge in [0.15, 0.2) is 5.17 Å². The number of thioether (sulfide) groups is 1. The third-order valence-electron chi connectivity index (χ3n) is 4.28. The van der Waals surface area contributed by atoms with Gasteiger partial charge in [0.1, 0.15) is 5.60 Å². The molecule has 2 aliphatic rings. The van der Waals surface area contributed by atoms with E-state index >= 15 is 0 Å². The minimum atomic E-state index is -0.535. The predicted octanol–water partition coefficient (Wildman–Crippen LogP) is 4.31. The molecule has 7 heteroatoms. The monoisotopic (exact) mass is 426 g/mol. The van der Waals surface area contributed by atoms with Gasteiger partial charge in [0, 0.05) is 29.2 Å². The highest BCUT2D eigenvalue weighted by molar-refractivity contribution is 9.10. The molecule has 1 N–H and O–H groups in total. The number of hydrogen-bond donors (Lipinski definition) is 1. The van der Waals surface area contributed by atoms with Gasteiger partial charge >= 0.3 is 6.09 Å². The van der Waals surface area contributed by atoms with E-state index in [-0.39, 0.29) is 11.5 Å². The lowest BCUT2D eigenvalue weighted by molar-refractivity contribution is 0.00989. The summed E-state index contributed by atoms with van der Waals surface area (Å²) in [4.78, 5) is 17.1. The van der Waals surface area contributed by atoms with Gasteiger partial charge in [-0.25, -0.2) is 4.79 Å². The van der Waals surface area contributed by atoms with E-state index in [1.165, 1.54) is 0 Å². The number of halogens is 1. The smallest absolute Gasteiger partial charge is 0.413 e. The van der Waals surface area contributed by atoms with Crippen LogP contribution in [0, 0.1) is 5.92 Å². The van der Waals surface area contributed by atoms with Crippen molar-refractivity contribution in [3.8, 4) is 0 Å². The first-order valence-corrected chi connectivity index (χ1v) is 10.1. The molecule has 0 aromatic heterocycles. The first-order chi connectivity index (χ1) is 11.8. The Labute approximate surface area is 161 Å². The molecule has 0 bridgehead atoms. The van der Waals surface area contributed by atoms with Crippen LogP contribution in [0.3, 0.4) is 0 Å². The van der Waals surface area contributed by atoms with Gasteiger partial charge in [-0.2, -0.15) is 0 Å². The van der Waals surface area contributed by atoms with Gasteiger partial charge in [-0.15, -0.1) is 0 Å². The molecule has 0 aliphatic carbocycles. The van der Waals surface area contributed by atoms with Gasteiger partial charge < -0.3 is 9.47 Å². The third-order valence-corrected chi connectivity index (χ3v) is 5.81. The van der Waals surface area contributed by atoms with Crippen LogP contribution in [-0.2, 0) is 15.0 Å². The minimum Gasteiger partial charge on any atom is -0.444 e. The van der Waals surface area contributed by atoms with Crippen LogP contribution in [0.4, 0.5) is 4.79 Å². The van der Waals surface area contributed by atoms with E-state index in [1.54, 1.807) is 11.8 Å². The van der Waals surface area contributed by atoms with E-state index < -0.39 is 11.7 Å². The molecule has 136 valence electrons. The average Bonchev–Trinajstić information content (AvgIpc) is 2.52. The van der Waals surface area contributed by atoms with Crippen LogP contribution in [0.2, 0.25) is 0 Å². The van der Waals surface area contributed by atoms with Crippen molar-refractivity contribution in [2.75, 3.05) is 19.0 Å². The summed E-state index contributed by atoms with van der Waals surface area (Å²) < 4.78 is 12.1. The fourth-order valence-electron chi connectivity index (χ4n) is 3.18. The molecular weight excluding hydrogens is 404 g/mol. The molecule has 2 aliphatic heterocycles. The fraction of sp³-hybridized carbons (Fsp3) is 0.556. The first kappa shape index (κ1) is 18.7. The van der Waals surface area contributed by atoms with Crippen LogP contribution in [0.25, 0.3) is 0 Å². The number of nitrogens with one attached hydrogen (secondary N) is 1. The second kappa shape index (κ2) is 7.29. The molecule has 0 unspecified atom stereocenters. The second-order valence-corrected chi connectivity index (χ2v) is 9.24. The molecule has 1 saturated heterocycles. The molecule has 1 fully saturated rings. The molecule has 1 aromatic rings. The molecule has 5 nitrogen and oxygen atoms in total. The number of benzene rings is 1. The van der Waals surface area contributed by atoms with Crippen molar-refractivity contribution >= 4 is 39.0 Å². The van der Waals surface area contributed by atoms with E-state index in [1.807, 2.05) is 32.9 Å². The van der Waals surface area contributed by atoms with Gasteiger partial charge in [-0.3, -0.25) is 10.3 Å². The Hall–Kier alpha value is -1.05. The highest BCUT2D eigenvalue weighted by Crippen LogP contribution is 2.45. The van der Waals surface area contributed by atoms with Crippen molar-refractivity contribution in [2.24, 2.45) is 10.9 Å². The van der Waals surface area contributed by atoms with Crippen LogP contribution in [0.5, 0.6) is 0 Å². The van der Waals surface area contributed by atoms with E-state index in [4.69, 9.17) is 14.5 Å². The van der Waals surface area contributed by atoms with Crippen molar-refractivity contribution in [1.29, 1.82) is 0 Å². The summed E-state index contributed by atoms with van der Waals surface area (Å²) >= 11 is 5.10. The van der Waals surface area contributed by atoms with Crippen LogP contribution in [-0.4, -0.2) is 35.8 Å². The third kappa shape index (κ3) is 4.38. The molecule has 1 amide bonds. The number of amidine groups is 1. The van der Waals surface area contributed by atoms with Gasteiger partial charge in [0.05, 0.1) is 12.1 Å². The number of carbonyl (C=O) groups is 1. The summed E-state index contributed by atoms with van der Waals surface area (Å²) in [5.41, 5.74) is 0.254. The van der Waals surface area contributed by atoms with Gasteiger partial charge in [0.25, 0.3) is 0 Å². The Morgan fingerprint density at radius 2 is 2.28 bits per heavy atom. The summed E-state index contributed by atoms with van der Waals surface area (Å²) in [5, 5.41) is 3.43. The topological polar surface area (TPSA) is 59.9 Å². The molecule has 2 heterocycles. The van der Waals surface area contributed by atoms with Gasteiger partial charge in [-0.1, -0.05) is 39.8 Å². The number of fused-ring (bicyclic) bond motifs is 1. The van der Waals surface area contributed by atoms with Crippen molar-refractivity contribution in [3.63, 3.8) is 0 Å². The maximum Gasteiger partial charge on any atom is 0.413 e. The Bertz CT molecular complexity index is 689. The first-order valence-electron chi connectivity index (χ1n) is 8.35.